The number of carbonyl (C=O) groups excluding carboxylic acids is 2. The number of thiazole rings is 1. The van der Waals surface area contributed by atoms with E-state index in [2.05, 4.69) is 0 Å². The van der Waals surface area contributed by atoms with Crippen molar-refractivity contribution >= 4 is 45.0 Å². The second kappa shape index (κ2) is 7.76. The van der Waals surface area contributed by atoms with Crippen LogP contribution >= 0.6 is 22.9 Å². The van der Waals surface area contributed by atoms with Gasteiger partial charge in [0, 0.05) is 50.0 Å². The molecule has 0 N–H and O–H groups in total. The lowest BCUT2D eigenvalue weighted by molar-refractivity contribution is -0.140. The molecule has 2 amide bonds. The number of benzene rings is 1. The average Bonchev–Trinajstić information content (AvgIpc) is 3.11. The molecule has 4 rings (SSSR count). The Morgan fingerprint density at radius 1 is 1.07 bits per heavy atom. The van der Waals surface area contributed by atoms with Gasteiger partial charge in [0.25, 0.3) is 0 Å². The van der Waals surface area contributed by atoms with Gasteiger partial charge in [0.15, 0.2) is 0 Å². The lowest BCUT2D eigenvalue weighted by Gasteiger charge is -2.36. The minimum Gasteiger partial charge on any atom is -0.343 e. The van der Waals surface area contributed by atoms with Gasteiger partial charge in [0.05, 0.1) is 15.2 Å². The number of hydrogen-bond acceptors (Lipinski definition) is 4. The molecule has 5 nitrogen and oxygen atoms in total. The second-order valence-electron chi connectivity index (χ2n) is 7.54. The van der Waals surface area contributed by atoms with Crippen LogP contribution in [0.15, 0.2) is 18.2 Å². The average molecular weight is 406 g/mol. The molecule has 2 aromatic rings. The Hall–Kier alpha value is -1.66. The van der Waals surface area contributed by atoms with Gasteiger partial charge in [-0.3, -0.25) is 9.59 Å². The molecule has 2 aliphatic heterocycles. The molecule has 0 bridgehead atoms. The zero-order chi connectivity index (χ0) is 19.0. The summed E-state index contributed by atoms with van der Waals surface area (Å²) in [5.74, 6) is 0.873. The van der Waals surface area contributed by atoms with E-state index in [-0.39, 0.29) is 17.7 Å². The molecule has 1 aromatic heterocycles. The van der Waals surface area contributed by atoms with Crippen LogP contribution < -0.4 is 0 Å². The molecule has 0 spiro atoms. The van der Waals surface area contributed by atoms with Gasteiger partial charge >= 0.3 is 0 Å². The van der Waals surface area contributed by atoms with Crippen molar-refractivity contribution in [2.75, 3.05) is 26.2 Å². The number of nitrogens with zero attached hydrogens (tertiary/aromatic N) is 3. The summed E-state index contributed by atoms with van der Waals surface area (Å²) < 4.78 is 1.17. The Morgan fingerprint density at radius 2 is 1.74 bits per heavy atom. The third-order valence-corrected chi connectivity index (χ3v) is 7.25. The number of fused-ring (bicyclic) bond motifs is 1. The highest BCUT2D eigenvalue weighted by Crippen LogP contribution is 2.35. The molecule has 1 aromatic carbocycles. The highest BCUT2D eigenvalue weighted by Gasteiger charge is 2.32. The monoisotopic (exact) mass is 405 g/mol. The number of aromatic nitrogens is 1. The molecule has 27 heavy (non-hydrogen) atoms. The summed E-state index contributed by atoms with van der Waals surface area (Å²) in [7, 11) is 0. The van der Waals surface area contributed by atoms with Gasteiger partial charge in [0.2, 0.25) is 11.8 Å². The molecule has 0 radical (unpaired) electrons. The molecule has 0 atom stereocenters. The van der Waals surface area contributed by atoms with E-state index < -0.39 is 0 Å². The smallest absolute Gasteiger partial charge is 0.225 e. The van der Waals surface area contributed by atoms with Gasteiger partial charge in [0.1, 0.15) is 0 Å². The topological polar surface area (TPSA) is 53.5 Å². The molecule has 7 heteroatoms. The van der Waals surface area contributed by atoms with E-state index in [0.717, 1.165) is 54.3 Å². The molecule has 3 heterocycles. The van der Waals surface area contributed by atoms with Crippen molar-refractivity contribution in [1.29, 1.82) is 0 Å². The SMILES string of the molecule is CC(=O)N1CCC(C(=O)N2CCC(c3nc4cc(Cl)ccc4s3)CC2)CC1. The summed E-state index contributed by atoms with van der Waals surface area (Å²) >= 11 is 7.81. The van der Waals surface area contributed by atoms with Gasteiger partial charge in [-0.1, -0.05) is 11.6 Å². The summed E-state index contributed by atoms with van der Waals surface area (Å²) in [4.78, 5) is 32.9. The van der Waals surface area contributed by atoms with Gasteiger partial charge in [-0.25, -0.2) is 4.98 Å². The Morgan fingerprint density at radius 3 is 2.41 bits per heavy atom. The van der Waals surface area contributed by atoms with Crippen LogP contribution in [-0.2, 0) is 9.59 Å². The van der Waals surface area contributed by atoms with Crippen LogP contribution in [0.25, 0.3) is 10.2 Å². The first-order valence-electron chi connectivity index (χ1n) is 9.61. The Balaban J connectivity index is 1.34. The highest BCUT2D eigenvalue weighted by atomic mass is 35.5. The number of likely N-dealkylation sites (tertiary alicyclic amines) is 2. The van der Waals surface area contributed by atoms with Gasteiger partial charge in [-0.05, 0) is 43.9 Å². The van der Waals surface area contributed by atoms with E-state index in [4.69, 9.17) is 16.6 Å². The van der Waals surface area contributed by atoms with Crippen molar-refractivity contribution in [3.05, 3.63) is 28.2 Å². The lowest BCUT2D eigenvalue weighted by Crippen LogP contribution is -2.46. The van der Waals surface area contributed by atoms with Crippen LogP contribution in [0.5, 0.6) is 0 Å². The van der Waals surface area contributed by atoms with Gasteiger partial charge < -0.3 is 9.80 Å². The van der Waals surface area contributed by atoms with E-state index in [0.29, 0.717) is 19.0 Å². The Bertz CT molecular complexity index is 852. The summed E-state index contributed by atoms with van der Waals surface area (Å²) in [6, 6.07) is 5.86. The van der Waals surface area contributed by atoms with Crippen molar-refractivity contribution in [2.45, 2.75) is 38.5 Å². The summed E-state index contributed by atoms with van der Waals surface area (Å²) in [5.41, 5.74) is 0.971. The maximum Gasteiger partial charge on any atom is 0.225 e. The van der Waals surface area contributed by atoms with Crippen LogP contribution in [0.4, 0.5) is 0 Å². The Kier molecular flexibility index (Phi) is 5.37. The standard InChI is InChI=1S/C20H24ClN3O2S/c1-13(25)23-8-6-15(7-9-23)20(26)24-10-4-14(5-11-24)19-22-17-12-16(21)2-3-18(17)27-19/h2-3,12,14-15H,4-11H2,1H3. The summed E-state index contributed by atoms with van der Waals surface area (Å²) in [6.07, 6.45) is 3.51. The first-order valence-corrected chi connectivity index (χ1v) is 10.8. The zero-order valence-electron chi connectivity index (χ0n) is 15.5. The first kappa shape index (κ1) is 18.7. The van der Waals surface area contributed by atoms with Crippen molar-refractivity contribution in [3.8, 4) is 0 Å². The third kappa shape index (κ3) is 3.97. The quantitative estimate of drug-likeness (QED) is 0.761. The molecule has 0 saturated carbocycles. The first-order chi connectivity index (χ1) is 13.0. The molecule has 0 unspecified atom stereocenters. The Labute approximate surface area is 168 Å². The fourth-order valence-corrected chi connectivity index (χ4v) is 5.42. The second-order valence-corrected chi connectivity index (χ2v) is 9.04. The molecule has 2 aliphatic rings. The van der Waals surface area contributed by atoms with E-state index in [1.54, 1.807) is 18.3 Å². The number of piperidine rings is 2. The number of carbonyl (C=O) groups is 2. The summed E-state index contributed by atoms with van der Waals surface area (Å²) in [6.45, 7) is 4.61. The highest BCUT2D eigenvalue weighted by molar-refractivity contribution is 7.18. The zero-order valence-corrected chi connectivity index (χ0v) is 17.1. The molecule has 2 saturated heterocycles. The maximum atomic E-state index is 12.8. The van der Waals surface area contributed by atoms with Gasteiger partial charge in [-0.15, -0.1) is 11.3 Å². The molecule has 144 valence electrons. The number of rotatable bonds is 2. The minimum absolute atomic E-state index is 0.0711. The van der Waals surface area contributed by atoms with E-state index in [1.165, 1.54) is 4.70 Å². The fourth-order valence-electron chi connectivity index (χ4n) is 4.14. The maximum absolute atomic E-state index is 12.8. The normalized spacial score (nSPS) is 19.6. The molecule has 2 fully saturated rings. The van der Waals surface area contributed by atoms with Crippen molar-refractivity contribution in [3.63, 3.8) is 0 Å². The number of hydrogen-bond donors (Lipinski definition) is 0. The number of amides is 2. The van der Waals surface area contributed by atoms with Crippen molar-refractivity contribution < 1.29 is 9.59 Å². The van der Waals surface area contributed by atoms with E-state index in [9.17, 15) is 9.59 Å². The lowest BCUT2D eigenvalue weighted by atomic mass is 9.92. The fraction of sp³-hybridized carbons (Fsp3) is 0.550. The molecular formula is C20H24ClN3O2S. The van der Waals surface area contributed by atoms with E-state index in [1.807, 2.05) is 28.0 Å². The van der Waals surface area contributed by atoms with E-state index >= 15 is 0 Å². The predicted molar refractivity (Wildman–Crippen MR) is 108 cm³/mol. The van der Waals surface area contributed by atoms with Crippen LogP contribution in [0, 0.1) is 5.92 Å². The van der Waals surface area contributed by atoms with Crippen LogP contribution in [0.3, 0.4) is 0 Å². The largest absolute Gasteiger partial charge is 0.343 e. The predicted octanol–water partition coefficient (Wildman–Crippen LogP) is 3.91. The van der Waals surface area contributed by atoms with Crippen molar-refractivity contribution in [2.24, 2.45) is 5.92 Å². The van der Waals surface area contributed by atoms with Crippen LogP contribution in [-0.4, -0.2) is 52.8 Å². The van der Waals surface area contributed by atoms with Gasteiger partial charge in [-0.2, -0.15) is 0 Å². The van der Waals surface area contributed by atoms with Crippen LogP contribution in [0.1, 0.15) is 43.5 Å². The molecule has 0 aliphatic carbocycles. The number of halogens is 1. The third-order valence-electron chi connectivity index (χ3n) is 5.81. The molecular weight excluding hydrogens is 382 g/mol. The van der Waals surface area contributed by atoms with Crippen molar-refractivity contribution in [1.82, 2.24) is 14.8 Å². The summed E-state index contributed by atoms with van der Waals surface area (Å²) in [5, 5.41) is 1.88. The minimum atomic E-state index is 0.0711. The van der Waals surface area contributed by atoms with Crippen LogP contribution in [0.2, 0.25) is 5.02 Å².